The van der Waals surface area contributed by atoms with Crippen LogP contribution in [0.15, 0.2) is 47.1 Å². The molecule has 0 radical (unpaired) electrons. The Balaban J connectivity index is 0.000000242. The van der Waals surface area contributed by atoms with Gasteiger partial charge in [0.2, 0.25) is 0 Å². The van der Waals surface area contributed by atoms with Crippen LogP contribution in [0.2, 0.25) is 0 Å². The van der Waals surface area contributed by atoms with E-state index in [-0.39, 0.29) is 11.6 Å². The molecule has 0 bridgehead atoms. The zero-order valence-corrected chi connectivity index (χ0v) is 15.7. The molecule has 2 aliphatic rings. The van der Waals surface area contributed by atoms with E-state index in [9.17, 15) is 4.79 Å². The third-order valence-electron chi connectivity index (χ3n) is 4.04. The molecule has 1 aromatic rings. The van der Waals surface area contributed by atoms with E-state index in [0.29, 0.717) is 0 Å². The number of ether oxygens (including phenoxy) is 1. The van der Waals surface area contributed by atoms with Crippen LogP contribution in [0.3, 0.4) is 0 Å². The van der Waals surface area contributed by atoms with Crippen molar-refractivity contribution in [2.24, 2.45) is 0 Å². The Kier molecular flexibility index (Phi) is 7.33. The van der Waals surface area contributed by atoms with Gasteiger partial charge in [-0.1, -0.05) is 13.2 Å². The van der Waals surface area contributed by atoms with Crippen LogP contribution in [-0.4, -0.2) is 42.6 Å². The van der Waals surface area contributed by atoms with Crippen LogP contribution >= 0.6 is 11.8 Å². The first-order valence-electron chi connectivity index (χ1n) is 8.28. The predicted molar refractivity (Wildman–Crippen MR) is 104 cm³/mol. The van der Waals surface area contributed by atoms with Gasteiger partial charge in [-0.25, -0.2) is 4.98 Å². The summed E-state index contributed by atoms with van der Waals surface area (Å²) < 4.78 is 7.09. The summed E-state index contributed by atoms with van der Waals surface area (Å²) in [5, 5.41) is 5.73. The van der Waals surface area contributed by atoms with Crippen LogP contribution in [0, 0.1) is 0 Å². The van der Waals surface area contributed by atoms with Gasteiger partial charge in [0.15, 0.2) is 0 Å². The van der Waals surface area contributed by atoms with Crippen molar-refractivity contribution >= 4 is 17.3 Å². The summed E-state index contributed by atoms with van der Waals surface area (Å²) in [5.41, 5.74) is 2.74. The Morgan fingerprint density at radius 1 is 1.44 bits per heavy atom. The fraction of sp³-hybridized carbons (Fsp3) is 0.444. The third-order valence-corrected chi connectivity index (χ3v) is 5.19. The van der Waals surface area contributed by atoms with Gasteiger partial charge in [0, 0.05) is 44.8 Å². The normalized spacial score (nSPS) is 17.0. The van der Waals surface area contributed by atoms with Gasteiger partial charge in [-0.05, 0) is 30.7 Å². The van der Waals surface area contributed by atoms with Crippen LogP contribution in [-0.2, 0) is 4.74 Å². The van der Waals surface area contributed by atoms with Crippen LogP contribution < -0.4 is 16.2 Å². The highest BCUT2D eigenvalue weighted by atomic mass is 32.2. The SMILES string of the molecule is C=C(/C=C\NC)NC.C=C1CSc2c1ncn(C1CCOCC1)c2=O. The number of likely N-dealkylation sites (N-methyl/N-ethyl adjacent to an activating group) is 1. The molecule has 0 aliphatic carbocycles. The molecule has 0 spiro atoms. The summed E-state index contributed by atoms with van der Waals surface area (Å²) in [5.74, 6) is 0.787. The van der Waals surface area contributed by atoms with Crippen molar-refractivity contribution in [3.63, 3.8) is 0 Å². The second kappa shape index (κ2) is 9.48. The minimum absolute atomic E-state index is 0.0885. The van der Waals surface area contributed by atoms with Crippen molar-refractivity contribution in [2.45, 2.75) is 23.8 Å². The number of fused-ring (bicyclic) bond motifs is 1. The molecule has 2 aliphatic heterocycles. The number of thioether (sulfide) groups is 1. The zero-order chi connectivity index (χ0) is 18.2. The van der Waals surface area contributed by atoms with Crippen LogP contribution in [0.1, 0.15) is 24.6 Å². The molecule has 0 atom stereocenters. The quantitative estimate of drug-likeness (QED) is 0.800. The summed E-state index contributed by atoms with van der Waals surface area (Å²) >= 11 is 1.55. The number of nitrogens with zero attached hydrogens (tertiary/aromatic N) is 2. The number of allylic oxidation sites excluding steroid dienone is 1. The Bertz CT molecular complexity index is 706. The second-order valence-electron chi connectivity index (χ2n) is 5.77. The van der Waals surface area contributed by atoms with Crippen LogP contribution in [0.25, 0.3) is 5.57 Å². The van der Waals surface area contributed by atoms with E-state index < -0.39 is 0 Å². The van der Waals surface area contributed by atoms with E-state index in [1.165, 1.54) is 0 Å². The number of hydrogen-bond donors (Lipinski definition) is 2. The molecular formula is C18H26N4O2S. The van der Waals surface area contributed by atoms with Gasteiger partial charge in [-0.2, -0.15) is 0 Å². The van der Waals surface area contributed by atoms with Gasteiger partial charge >= 0.3 is 0 Å². The standard InChI is InChI=1S/C12H14N2O2S.C6H12N2/c1-8-6-17-11-10(8)13-7-14(12(11)15)9-2-4-16-5-3-9;1-6(8-3)4-5-7-2/h7,9H,1-6H2;4-5,7-8H,1H2,2-3H3/b;5-4-. The maximum atomic E-state index is 12.3. The van der Waals surface area contributed by atoms with Crippen LogP contribution in [0.5, 0.6) is 0 Å². The van der Waals surface area contributed by atoms with Gasteiger partial charge < -0.3 is 15.4 Å². The number of nitrogens with one attached hydrogen (secondary N) is 2. The average molecular weight is 362 g/mol. The first kappa shape index (κ1) is 19.3. The lowest BCUT2D eigenvalue weighted by molar-refractivity contribution is 0.0681. The molecular weight excluding hydrogens is 336 g/mol. The maximum absolute atomic E-state index is 12.3. The highest BCUT2D eigenvalue weighted by molar-refractivity contribution is 8.00. The lowest BCUT2D eigenvalue weighted by Gasteiger charge is -2.24. The number of aromatic nitrogens is 2. The second-order valence-corrected chi connectivity index (χ2v) is 6.75. The molecule has 0 unspecified atom stereocenters. The van der Waals surface area contributed by atoms with Crippen molar-refractivity contribution in [2.75, 3.05) is 33.1 Å². The minimum Gasteiger partial charge on any atom is -0.394 e. The van der Waals surface area contributed by atoms with Gasteiger partial charge in [-0.15, -0.1) is 11.8 Å². The van der Waals surface area contributed by atoms with E-state index in [1.807, 2.05) is 26.4 Å². The molecule has 3 rings (SSSR count). The van der Waals surface area contributed by atoms with Crippen molar-refractivity contribution in [1.29, 1.82) is 0 Å². The highest BCUT2D eigenvalue weighted by Gasteiger charge is 2.24. The van der Waals surface area contributed by atoms with Crippen molar-refractivity contribution in [1.82, 2.24) is 20.2 Å². The highest BCUT2D eigenvalue weighted by Crippen LogP contribution is 2.34. The Morgan fingerprint density at radius 3 is 2.80 bits per heavy atom. The molecule has 1 saturated heterocycles. The first-order valence-corrected chi connectivity index (χ1v) is 9.27. The first-order chi connectivity index (χ1) is 12.1. The van der Waals surface area contributed by atoms with Gasteiger partial charge in [0.1, 0.15) is 0 Å². The summed E-state index contributed by atoms with van der Waals surface area (Å²) in [4.78, 5) is 17.5. The molecule has 25 heavy (non-hydrogen) atoms. The van der Waals surface area contributed by atoms with Crippen molar-refractivity contribution in [3.8, 4) is 0 Å². The molecule has 2 N–H and O–H groups in total. The van der Waals surface area contributed by atoms with Gasteiger partial charge in [0.05, 0.1) is 16.9 Å². The number of rotatable bonds is 4. The fourth-order valence-electron chi connectivity index (χ4n) is 2.55. The topological polar surface area (TPSA) is 68.2 Å². The molecule has 0 aromatic carbocycles. The molecule has 3 heterocycles. The fourth-order valence-corrected chi connectivity index (χ4v) is 3.57. The third kappa shape index (κ3) is 4.99. The maximum Gasteiger partial charge on any atom is 0.267 e. The average Bonchev–Trinajstić information content (AvgIpc) is 3.03. The smallest absolute Gasteiger partial charge is 0.267 e. The zero-order valence-electron chi connectivity index (χ0n) is 14.9. The molecule has 7 heteroatoms. The molecule has 0 saturated carbocycles. The molecule has 0 amide bonds. The summed E-state index contributed by atoms with van der Waals surface area (Å²) in [7, 11) is 3.68. The summed E-state index contributed by atoms with van der Waals surface area (Å²) in [6.07, 6.45) is 7.14. The van der Waals surface area contributed by atoms with E-state index in [2.05, 4.69) is 28.8 Å². The van der Waals surface area contributed by atoms with E-state index in [1.54, 1.807) is 22.7 Å². The Labute approximate surface area is 153 Å². The Hall–Kier alpha value is -1.99. The Morgan fingerprint density at radius 2 is 2.16 bits per heavy atom. The van der Waals surface area contributed by atoms with E-state index >= 15 is 0 Å². The summed E-state index contributed by atoms with van der Waals surface area (Å²) in [6.45, 7) is 9.06. The van der Waals surface area contributed by atoms with Crippen molar-refractivity contribution < 1.29 is 4.74 Å². The molecule has 1 aromatic heterocycles. The van der Waals surface area contributed by atoms with Crippen molar-refractivity contribution in [3.05, 3.63) is 53.5 Å². The van der Waals surface area contributed by atoms with Gasteiger partial charge in [-0.3, -0.25) is 9.36 Å². The van der Waals surface area contributed by atoms with Gasteiger partial charge in [0.25, 0.3) is 5.56 Å². The molecule has 136 valence electrons. The summed E-state index contributed by atoms with van der Waals surface area (Å²) in [6, 6.07) is 0.239. The lowest BCUT2D eigenvalue weighted by Crippen LogP contribution is -2.30. The predicted octanol–water partition coefficient (Wildman–Crippen LogP) is 2.17. The molecule has 1 fully saturated rings. The number of hydrogen-bond acceptors (Lipinski definition) is 6. The largest absolute Gasteiger partial charge is 0.394 e. The monoisotopic (exact) mass is 362 g/mol. The minimum atomic E-state index is 0.0885. The van der Waals surface area contributed by atoms with E-state index in [0.717, 1.165) is 53.7 Å². The lowest BCUT2D eigenvalue weighted by atomic mass is 10.1. The molecule has 6 nitrogen and oxygen atoms in total. The van der Waals surface area contributed by atoms with E-state index in [4.69, 9.17) is 4.74 Å². The van der Waals surface area contributed by atoms with Crippen LogP contribution in [0.4, 0.5) is 0 Å².